The summed E-state index contributed by atoms with van der Waals surface area (Å²) in [6.45, 7) is 7.00. The molecule has 2 atom stereocenters. The summed E-state index contributed by atoms with van der Waals surface area (Å²) in [5, 5.41) is 2.59. The van der Waals surface area contributed by atoms with Crippen LogP contribution in [0.15, 0.2) is 18.3 Å². The SMILES string of the molecule is CNC(=O)c1ccc(N2C[C@@H](C)[C@](C)(CN)C2)nc1. The van der Waals surface area contributed by atoms with Crippen molar-refractivity contribution in [2.45, 2.75) is 13.8 Å². The van der Waals surface area contributed by atoms with Gasteiger partial charge in [-0.3, -0.25) is 4.79 Å². The number of hydrogen-bond donors (Lipinski definition) is 2. The van der Waals surface area contributed by atoms with E-state index in [1.54, 1.807) is 13.2 Å². The molecule has 0 radical (unpaired) electrons. The van der Waals surface area contributed by atoms with Crippen LogP contribution in [0.5, 0.6) is 0 Å². The average Bonchev–Trinajstić information content (AvgIpc) is 2.75. The standard InChI is InChI=1S/C14H22N4O/c1-10-7-18(9-14(10,2)8-15)12-5-4-11(6-17-12)13(19)16-3/h4-6,10H,7-9,15H2,1-3H3,(H,16,19)/t10-,14-/m1/s1. The molecule has 5 nitrogen and oxygen atoms in total. The van der Waals surface area contributed by atoms with Gasteiger partial charge in [-0.1, -0.05) is 13.8 Å². The number of amides is 1. The Morgan fingerprint density at radius 2 is 2.37 bits per heavy atom. The Hall–Kier alpha value is -1.62. The first-order chi connectivity index (χ1) is 9.00. The topological polar surface area (TPSA) is 71.2 Å². The van der Waals surface area contributed by atoms with E-state index in [4.69, 9.17) is 5.73 Å². The highest BCUT2D eigenvalue weighted by Crippen LogP contribution is 2.36. The third-order valence-corrected chi connectivity index (χ3v) is 4.26. The van der Waals surface area contributed by atoms with Crippen molar-refractivity contribution >= 4 is 11.7 Å². The Morgan fingerprint density at radius 1 is 1.63 bits per heavy atom. The molecule has 1 aliphatic heterocycles. The van der Waals surface area contributed by atoms with Gasteiger partial charge in [0.1, 0.15) is 5.82 Å². The molecule has 1 aliphatic rings. The molecule has 1 aromatic heterocycles. The van der Waals surface area contributed by atoms with E-state index in [0.717, 1.165) is 18.9 Å². The number of carbonyl (C=O) groups is 1. The fourth-order valence-electron chi connectivity index (χ4n) is 2.50. The van der Waals surface area contributed by atoms with Gasteiger partial charge in [-0.25, -0.2) is 4.98 Å². The molecule has 3 N–H and O–H groups in total. The maximum absolute atomic E-state index is 11.5. The zero-order valence-electron chi connectivity index (χ0n) is 11.8. The number of rotatable bonds is 3. The molecule has 0 spiro atoms. The van der Waals surface area contributed by atoms with Crippen LogP contribution in [0.25, 0.3) is 0 Å². The van der Waals surface area contributed by atoms with Gasteiger partial charge in [0.15, 0.2) is 0 Å². The third kappa shape index (κ3) is 2.56. The highest BCUT2D eigenvalue weighted by atomic mass is 16.1. The molecule has 1 amide bonds. The van der Waals surface area contributed by atoms with Gasteiger partial charge >= 0.3 is 0 Å². The Kier molecular flexibility index (Phi) is 3.75. The van der Waals surface area contributed by atoms with Crippen LogP contribution in [0.4, 0.5) is 5.82 Å². The number of aromatic nitrogens is 1. The Morgan fingerprint density at radius 3 is 2.84 bits per heavy atom. The summed E-state index contributed by atoms with van der Waals surface area (Å²) in [6.07, 6.45) is 1.62. The van der Waals surface area contributed by atoms with Crippen LogP contribution in [0.1, 0.15) is 24.2 Å². The van der Waals surface area contributed by atoms with Gasteiger partial charge in [0.2, 0.25) is 0 Å². The van der Waals surface area contributed by atoms with Gasteiger partial charge in [-0.15, -0.1) is 0 Å². The number of nitrogens with two attached hydrogens (primary N) is 1. The maximum atomic E-state index is 11.5. The van der Waals surface area contributed by atoms with Crippen molar-refractivity contribution < 1.29 is 4.79 Å². The molecular formula is C14H22N4O. The average molecular weight is 262 g/mol. The first-order valence-corrected chi connectivity index (χ1v) is 6.63. The van der Waals surface area contributed by atoms with Gasteiger partial charge in [0.25, 0.3) is 5.91 Å². The smallest absolute Gasteiger partial charge is 0.252 e. The lowest BCUT2D eigenvalue weighted by Gasteiger charge is -2.26. The summed E-state index contributed by atoms with van der Waals surface area (Å²) in [5.41, 5.74) is 6.60. The predicted octanol–water partition coefficient (Wildman–Crippen LogP) is 0.862. The van der Waals surface area contributed by atoms with E-state index >= 15 is 0 Å². The molecule has 2 rings (SSSR count). The van der Waals surface area contributed by atoms with Crippen LogP contribution < -0.4 is 16.0 Å². The minimum absolute atomic E-state index is 0.111. The predicted molar refractivity (Wildman–Crippen MR) is 76.2 cm³/mol. The quantitative estimate of drug-likeness (QED) is 0.847. The van der Waals surface area contributed by atoms with E-state index in [1.165, 1.54) is 0 Å². The van der Waals surface area contributed by atoms with Crippen molar-refractivity contribution in [3.05, 3.63) is 23.9 Å². The second-order valence-corrected chi connectivity index (χ2v) is 5.62. The number of nitrogens with zero attached hydrogens (tertiary/aromatic N) is 2. The molecule has 0 bridgehead atoms. The van der Waals surface area contributed by atoms with Gasteiger partial charge < -0.3 is 16.0 Å². The van der Waals surface area contributed by atoms with Crippen LogP contribution >= 0.6 is 0 Å². The fourth-order valence-corrected chi connectivity index (χ4v) is 2.50. The molecule has 0 unspecified atom stereocenters. The zero-order chi connectivity index (χ0) is 14.0. The van der Waals surface area contributed by atoms with E-state index < -0.39 is 0 Å². The third-order valence-electron chi connectivity index (χ3n) is 4.26. The number of hydrogen-bond acceptors (Lipinski definition) is 4. The number of anilines is 1. The van der Waals surface area contributed by atoms with Crippen LogP contribution in [0.2, 0.25) is 0 Å². The summed E-state index contributed by atoms with van der Waals surface area (Å²) in [5.74, 6) is 1.34. The number of pyridine rings is 1. The number of carbonyl (C=O) groups excluding carboxylic acids is 1. The first-order valence-electron chi connectivity index (χ1n) is 6.63. The van der Waals surface area contributed by atoms with E-state index in [9.17, 15) is 4.79 Å². The molecular weight excluding hydrogens is 240 g/mol. The number of nitrogens with one attached hydrogen (secondary N) is 1. The van der Waals surface area contributed by atoms with Crippen molar-refractivity contribution in [3.8, 4) is 0 Å². The van der Waals surface area contributed by atoms with E-state index in [-0.39, 0.29) is 11.3 Å². The summed E-state index contributed by atoms with van der Waals surface area (Å²) < 4.78 is 0. The van der Waals surface area contributed by atoms with Crippen molar-refractivity contribution in [1.29, 1.82) is 0 Å². The second kappa shape index (κ2) is 5.17. The minimum atomic E-state index is -0.111. The summed E-state index contributed by atoms with van der Waals surface area (Å²) >= 11 is 0. The lowest BCUT2D eigenvalue weighted by atomic mass is 9.81. The highest BCUT2D eigenvalue weighted by molar-refractivity contribution is 5.93. The van der Waals surface area contributed by atoms with Crippen molar-refractivity contribution in [2.24, 2.45) is 17.1 Å². The molecule has 104 valence electrons. The fraction of sp³-hybridized carbons (Fsp3) is 0.571. The Bertz CT molecular complexity index is 459. The van der Waals surface area contributed by atoms with Gasteiger partial charge in [0, 0.05) is 31.7 Å². The minimum Gasteiger partial charge on any atom is -0.356 e. The van der Waals surface area contributed by atoms with Crippen molar-refractivity contribution in [1.82, 2.24) is 10.3 Å². The first kappa shape index (κ1) is 13.8. The van der Waals surface area contributed by atoms with Crippen molar-refractivity contribution in [3.63, 3.8) is 0 Å². The Balaban J connectivity index is 2.14. The van der Waals surface area contributed by atoms with Crippen molar-refractivity contribution in [2.75, 3.05) is 31.6 Å². The summed E-state index contributed by atoms with van der Waals surface area (Å²) in [4.78, 5) is 18.1. The normalized spacial score (nSPS) is 26.5. The molecule has 1 saturated heterocycles. The highest BCUT2D eigenvalue weighted by Gasteiger charge is 2.39. The van der Waals surface area contributed by atoms with E-state index in [0.29, 0.717) is 18.0 Å². The van der Waals surface area contributed by atoms with Crippen LogP contribution in [-0.4, -0.2) is 37.6 Å². The molecule has 0 aromatic carbocycles. The van der Waals surface area contributed by atoms with Gasteiger partial charge in [-0.05, 0) is 24.6 Å². The second-order valence-electron chi connectivity index (χ2n) is 5.62. The molecule has 2 heterocycles. The molecule has 0 aliphatic carbocycles. The van der Waals surface area contributed by atoms with Crippen LogP contribution in [0, 0.1) is 11.3 Å². The summed E-state index contributed by atoms with van der Waals surface area (Å²) in [6, 6.07) is 3.71. The zero-order valence-corrected chi connectivity index (χ0v) is 11.8. The summed E-state index contributed by atoms with van der Waals surface area (Å²) in [7, 11) is 1.62. The largest absolute Gasteiger partial charge is 0.356 e. The monoisotopic (exact) mass is 262 g/mol. The lowest BCUT2D eigenvalue weighted by Crippen LogP contribution is -2.34. The molecule has 1 aromatic rings. The van der Waals surface area contributed by atoms with E-state index in [2.05, 4.69) is 29.0 Å². The Labute approximate surface area is 114 Å². The van der Waals surface area contributed by atoms with Gasteiger partial charge in [0.05, 0.1) is 5.56 Å². The lowest BCUT2D eigenvalue weighted by molar-refractivity contribution is 0.0963. The molecule has 1 fully saturated rings. The van der Waals surface area contributed by atoms with E-state index in [1.807, 2.05) is 12.1 Å². The maximum Gasteiger partial charge on any atom is 0.252 e. The molecule has 5 heteroatoms. The van der Waals surface area contributed by atoms with Crippen LogP contribution in [-0.2, 0) is 0 Å². The molecule has 19 heavy (non-hydrogen) atoms. The van der Waals surface area contributed by atoms with Gasteiger partial charge in [-0.2, -0.15) is 0 Å². The van der Waals surface area contributed by atoms with Crippen LogP contribution in [0.3, 0.4) is 0 Å². The molecule has 0 saturated carbocycles.